The molecule has 0 aromatic carbocycles. The highest BCUT2D eigenvalue weighted by Crippen LogP contribution is 2.10. The number of pyridine rings is 1. The summed E-state index contributed by atoms with van der Waals surface area (Å²) in [5.74, 6) is -0.0789. The molecule has 2 heterocycles. The lowest BCUT2D eigenvalue weighted by atomic mass is 10.2. The fourth-order valence-corrected chi connectivity index (χ4v) is 2.31. The third-order valence-corrected chi connectivity index (χ3v) is 3.44. The van der Waals surface area contributed by atoms with Gasteiger partial charge in [-0.3, -0.25) is 9.69 Å². The fourth-order valence-electron chi connectivity index (χ4n) is 2.31. The van der Waals surface area contributed by atoms with E-state index in [0.29, 0.717) is 18.3 Å². The maximum Gasteiger partial charge on any atom is 0.269 e. The highest BCUT2D eigenvalue weighted by atomic mass is 16.1. The molecular formula is C14H21N3O. The average molecular weight is 247 g/mol. The van der Waals surface area contributed by atoms with Crippen molar-refractivity contribution in [2.45, 2.75) is 32.7 Å². The quantitative estimate of drug-likeness (QED) is 0.879. The number of nitrogens with one attached hydrogen (secondary N) is 1. The van der Waals surface area contributed by atoms with Crippen molar-refractivity contribution in [2.24, 2.45) is 0 Å². The van der Waals surface area contributed by atoms with E-state index in [4.69, 9.17) is 0 Å². The summed E-state index contributed by atoms with van der Waals surface area (Å²) in [6.07, 6.45) is 2.55. The number of amides is 1. The molecular weight excluding hydrogens is 226 g/mol. The van der Waals surface area contributed by atoms with Crippen molar-refractivity contribution in [3.05, 3.63) is 29.6 Å². The Kier molecular flexibility index (Phi) is 4.31. The fraction of sp³-hybridized carbons (Fsp3) is 0.571. The summed E-state index contributed by atoms with van der Waals surface area (Å²) in [5, 5.41) is 2.96. The normalized spacial score (nSPS) is 17.7. The lowest BCUT2D eigenvalue weighted by Crippen LogP contribution is -2.40. The van der Waals surface area contributed by atoms with Crippen LogP contribution in [0.25, 0.3) is 0 Å². The SMILES string of the molecule is Cc1cccc(C(=O)NCC(C)N2CCCC2)n1. The van der Waals surface area contributed by atoms with E-state index in [9.17, 15) is 4.79 Å². The van der Waals surface area contributed by atoms with Crippen molar-refractivity contribution in [1.29, 1.82) is 0 Å². The first-order chi connectivity index (χ1) is 8.66. The zero-order valence-corrected chi connectivity index (χ0v) is 11.1. The van der Waals surface area contributed by atoms with E-state index >= 15 is 0 Å². The number of carbonyl (C=O) groups excluding carboxylic acids is 1. The molecule has 1 atom stereocenters. The molecule has 1 aromatic heterocycles. The molecule has 1 fully saturated rings. The molecule has 0 spiro atoms. The van der Waals surface area contributed by atoms with Gasteiger partial charge in [0.1, 0.15) is 5.69 Å². The van der Waals surface area contributed by atoms with Gasteiger partial charge in [0.05, 0.1) is 0 Å². The van der Waals surface area contributed by atoms with Gasteiger partial charge in [0.2, 0.25) is 0 Å². The van der Waals surface area contributed by atoms with Crippen LogP contribution in [0.2, 0.25) is 0 Å². The Morgan fingerprint density at radius 2 is 2.17 bits per heavy atom. The van der Waals surface area contributed by atoms with Crippen LogP contribution in [0.1, 0.15) is 35.9 Å². The van der Waals surface area contributed by atoms with Crippen molar-refractivity contribution in [2.75, 3.05) is 19.6 Å². The summed E-state index contributed by atoms with van der Waals surface area (Å²) in [7, 11) is 0. The molecule has 18 heavy (non-hydrogen) atoms. The molecule has 4 nitrogen and oxygen atoms in total. The second kappa shape index (κ2) is 5.96. The van der Waals surface area contributed by atoms with E-state index in [1.165, 1.54) is 12.8 Å². The minimum absolute atomic E-state index is 0.0789. The number of aromatic nitrogens is 1. The molecule has 1 aliphatic rings. The molecule has 1 aromatic rings. The zero-order valence-electron chi connectivity index (χ0n) is 11.1. The third-order valence-electron chi connectivity index (χ3n) is 3.44. The van der Waals surface area contributed by atoms with Crippen LogP contribution < -0.4 is 5.32 Å². The molecule has 4 heteroatoms. The predicted molar refractivity (Wildman–Crippen MR) is 71.6 cm³/mol. The van der Waals surface area contributed by atoms with Gasteiger partial charge in [0.15, 0.2) is 0 Å². The van der Waals surface area contributed by atoms with Gasteiger partial charge in [0, 0.05) is 18.3 Å². The van der Waals surface area contributed by atoms with E-state index in [2.05, 4.69) is 22.1 Å². The highest BCUT2D eigenvalue weighted by molar-refractivity contribution is 5.92. The van der Waals surface area contributed by atoms with E-state index in [1.807, 2.05) is 19.1 Å². The number of hydrogen-bond donors (Lipinski definition) is 1. The molecule has 1 N–H and O–H groups in total. The Balaban J connectivity index is 1.84. The standard InChI is InChI=1S/C14H21N3O/c1-11-6-5-7-13(16-11)14(18)15-10-12(2)17-8-3-4-9-17/h5-7,12H,3-4,8-10H2,1-2H3,(H,15,18). The first-order valence-electron chi connectivity index (χ1n) is 6.63. The Morgan fingerprint density at radius 3 is 2.83 bits per heavy atom. The van der Waals surface area contributed by atoms with Crippen molar-refractivity contribution >= 4 is 5.91 Å². The van der Waals surface area contributed by atoms with Crippen LogP contribution in [0.5, 0.6) is 0 Å². The van der Waals surface area contributed by atoms with Gasteiger partial charge in [-0.05, 0) is 51.9 Å². The smallest absolute Gasteiger partial charge is 0.269 e. The van der Waals surface area contributed by atoms with Gasteiger partial charge in [0.25, 0.3) is 5.91 Å². The van der Waals surface area contributed by atoms with Crippen LogP contribution in [0.4, 0.5) is 0 Å². The monoisotopic (exact) mass is 247 g/mol. The number of carbonyl (C=O) groups is 1. The van der Waals surface area contributed by atoms with E-state index < -0.39 is 0 Å². The summed E-state index contributed by atoms with van der Waals surface area (Å²) >= 11 is 0. The lowest BCUT2D eigenvalue weighted by Gasteiger charge is -2.23. The van der Waals surface area contributed by atoms with Crippen LogP contribution >= 0.6 is 0 Å². The maximum absolute atomic E-state index is 11.9. The molecule has 2 rings (SSSR count). The van der Waals surface area contributed by atoms with Crippen LogP contribution in [-0.2, 0) is 0 Å². The summed E-state index contributed by atoms with van der Waals surface area (Å²) < 4.78 is 0. The molecule has 1 aliphatic heterocycles. The molecule has 98 valence electrons. The third kappa shape index (κ3) is 3.29. The maximum atomic E-state index is 11.9. The Bertz CT molecular complexity index is 413. The van der Waals surface area contributed by atoms with Gasteiger partial charge >= 0.3 is 0 Å². The van der Waals surface area contributed by atoms with E-state index in [-0.39, 0.29) is 5.91 Å². The Morgan fingerprint density at radius 1 is 1.44 bits per heavy atom. The highest BCUT2D eigenvalue weighted by Gasteiger charge is 2.18. The lowest BCUT2D eigenvalue weighted by molar-refractivity contribution is 0.0935. The summed E-state index contributed by atoms with van der Waals surface area (Å²) in [6, 6.07) is 5.91. The molecule has 1 saturated heterocycles. The van der Waals surface area contributed by atoms with Gasteiger partial charge in [-0.2, -0.15) is 0 Å². The second-order valence-electron chi connectivity index (χ2n) is 4.97. The number of nitrogens with zero attached hydrogens (tertiary/aromatic N) is 2. The Hall–Kier alpha value is -1.42. The van der Waals surface area contributed by atoms with E-state index in [1.54, 1.807) is 6.07 Å². The van der Waals surface area contributed by atoms with Gasteiger partial charge in [-0.15, -0.1) is 0 Å². The first kappa shape index (κ1) is 13.0. The average Bonchev–Trinajstić information content (AvgIpc) is 2.89. The minimum Gasteiger partial charge on any atom is -0.349 e. The van der Waals surface area contributed by atoms with Gasteiger partial charge < -0.3 is 5.32 Å². The largest absolute Gasteiger partial charge is 0.349 e. The van der Waals surface area contributed by atoms with Crippen molar-refractivity contribution in [1.82, 2.24) is 15.2 Å². The first-order valence-corrected chi connectivity index (χ1v) is 6.63. The number of rotatable bonds is 4. The van der Waals surface area contributed by atoms with Crippen LogP contribution in [0.15, 0.2) is 18.2 Å². The zero-order chi connectivity index (χ0) is 13.0. The van der Waals surface area contributed by atoms with Crippen LogP contribution in [0.3, 0.4) is 0 Å². The minimum atomic E-state index is -0.0789. The molecule has 1 unspecified atom stereocenters. The van der Waals surface area contributed by atoms with Crippen molar-refractivity contribution in [3.8, 4) is 0 Å². The molecule has 0 saturated carbocycles. The summed E-state index contributed by atoms with van der Waals surface area (Å²) in [6.45, 7) is 7.05. The van der Waals surface area contributed by atoms with Gasteiger partial charge in [-0.1, -0.05) is 6.07 Å². The predicted octanol–water partition coefficient (Wildman–Crippen LogP) is 1.60. The topological polar surface area (TPSA) is 45.2 Å². The summed E-state index contributed by atoms with van der Waals surface area (Å²) in [4.78, 5) is 18.6. The summed E-state index contributed by atoms with van der Waals surface area (Å²) in [5.41, 5.74) is 1.37. The second-order valence-corrected chi connectivity index (χ2v) is 4.97. The van der Waals surface area contributed by atoms with Crippen LogP contribution in [-0.4, -0.2) is 41.5 Å². The molecule has 0 bridgehead atoms. The van der Waals surface area contributed by atoms with Crippen LogP contribution in [0, 0.1) is 6.92 Å². The molecule has 0 aliphatic carbocycles. The number of likely N-dealkylation sites (tertiary alicyclic amines) is 1. The Labute approximate surface area is 108 Å². The molecule has 0 radical (unpaired) electrons. The van der Waals surface area contributed by atoms with E-state index in [0.717, 1.165) is 18.8 Å². The number of hydrogen-bond acceptors (Lipinski definition) is 3. The molecule has 1 amide bonds. The van der Waals surface area contributed by atoms with Crippen molar-refractivity contribution < 1.29 is 4.79 Å². The van der Waals surface area contributed by atoms with Gasteiger partial charge in [-0.25, -0.2) is 4.98 Å². The number of aryl methyl sites for hydroxylation is 1. The van der Waals surface area contributed by atoms with Crippen molar-refractivity contribution in [3.63, 3.8) is 0 Å².